The Kier molecular flexibility index (Phi) is 6.01. The number of ether oxygens (including phenoxy) is 1. The van der Waals surface area contributed by atoms with Crippen LogP contribution in [0.4, 0.5) is 0 Å². The Morgan fingerprint density at radius 1 is 1.35 bits per heavy atom. The van der Waals surface area contributed by atoms with Crippen molar-refractivity contribution in [3.63, 3.8) is 0 Å². The molecule has 3 rings (SSSR count). The molecule has 0 saturated carbocycles. The van der Waals surface area contributed by atoms with E-state index in [0.29, 0.717) is 5.56 Å². The normalized spacial score (nSPS) is 17.2. The van der Waals surface area contributed by atoms with Crippen molar-refractivity contribution in [1.29, 1.82) is 0 Å². The molecule has 0 unspecified atom stereocenters. The third kappa shape index (κ3) is 4.03. The molecule has 1 aromatic heterocycles. The van der Waals surface area contributed by atoms with Gasteiger partial charge in [-0.05, 0) is 43.7 Å². The standard InChI is InChI=1S/C16H20N4O2.ClH/c1-22-13-6-4-11(5-7-13)15-14(10-18-20-15)16(21)19-12-3-2-8-17-9-12;/h4-7,10,12,17H,2-3,8-9H2,1H3,(H,18,20)(H,19,21);1H/t12-;/m0./s1. The first-order chi connectivity index (χ1) is 10.8. The van der Waals surface area contributed by atoms with Gasteiger partial charge in [-0.15, -0.1) is 12.4 Å². The number of nitrogens with one attached hydrogen (secondary N) is 3. The number of hydrogen-bond donors (Lipinski definition) is 3. The molecule has 0 radical (unpaired) electrons. The van der Waals surface area contributed by atoms with Crippen LogP contribution in [0.25, 0.3) is 11.3 Å². The lowest BCUT2D eigenvalue weighted by Crippen LogP contribution is -2.45. The highest BCUT2D eigenvalue weighted by atomic mass is 35.5. The summed E-state index contributed by atoms with van der Waals surface area (Å²) in [5, 5.41) is 13.3. The van der Waals surface area contributed by atoms with Crippen LogP contribution in [-0.4, -0.2) is 42.3 Å². The van der Waals surface area contributed by atoms with E-state index in [2.05, 4.69) is 20.8 Å². The van der Waals surface area contributed by atoms with E-state index in [9.17, 15) is 4.79 Å². The van der Waals surface area contributed by atoms with Crippen molar-refractivity contribution in [2.45, 2.75) is 18.9 Å². The average molecular weight is 337 g/mol. The molecule has 1 aliphatic rings. The second-order valence-electron chi connectivity index (χ2n) is 5.40. The highest BCUT2D eigenvalue weighted by molar-refractivity contribution is 5.99. The Bertz CT molecular complexity index is 636. The molecule has 1 aliphatic heterocycles. The van der Waals surface area contributed by atoms with Crippen molar-refractivity contribution in [2.75, 3.05) is 20.2 Å². The number of methoxy groups -OCH3 is 1. The van der Waals surface area contributed by atoms with E-state index >= 15 is 0 Å². The second-order valence-corrected chi connectivity index (χ2v) is 5.40. The lowest BCUT2D eigenvalue weighted by Gasteiger charge is -2.23. The number of aromatic nitrogens is 2. The molecule has 2 heterocycles. The summed E-state index contributed by atoms with van der Waals surface area (Å²) in [6.07, 6.45) is 3.67. The first kappa shape index (κ1) is 17.3. The number of halogens is 1. The van der Waals surface area contributed by atoms with E-state index in [-0.39, 0.29) is 24.4 Å². The van der Waals surface area contributed by atoms with Crippen molar-refractivity contribution in [3.05, 3.63) is 36.0 Å². The van der Waals surface area contributed by atoms with Gasteiger partial charge in [-0.1, -0.05) is 0 Å². The predicted octanol–water partition coefficient (Wildman–Crippen LogP) is 1.99. The third-order valence-corrected chi connectivity index (χ3v) is 3.89. The van der Waals surface area contributed by atoms with E-state index in [4.69, 9.17) is 4.74 Å². The van der Waals surface area contributed by atoms with Crippen molar-refractivity contribution >= 4 is 18.3 Å². The predicted molar refractivity (Wildman–Crippen MR) is 91.2 cm³/mol. The van der Waals surface area contributed by atoms with Gasteiger partial charge in [-0.2, -0.15) is 5.10 Å². The zero-order valence-electron chi connectivity index (χ0n) is 13.0. The summed E-state index contributed by atoms with van der Waals surface area (Å²) in [7, 11) is 1.63. The average Bonchev–Trinajstić information content (AvgIpc) is 3.05. The molecule has 0 bridgehead atoms. The Morgan fingerprint density at radius 3 is 2.78 bits per heavy atom. The highest BCUT2D eigenvalue weighted by Gasteiger charge is 2.20. The maximum absolute atomic E-state index is 12.5. The van der Waals surface area contributed by atoms with Crippen LogP contribution in [0, 0.1) is 0 Å². The topological polar surface area (TPSA) is 79.0 Å². The summed E-state index contributed by atoms with van der Waals surface area (Å²) in [6.45, 7) is 1.84. The molecule has 0 spiro atoms. The number of hydrogen-bond acceptors (Lipinski definition) is 4. The lowest BCUT2D eigenvalue weighted by atomic mass is 10.1. The molecular formula is C16H21ClN4O2. The molecule has 3 N–H and O–H groups in total. The van der Waals surface area contributed by atoms with Crippen LogP contribution in [0.5, 0.6) is 5.75 Å². The Labute approximate surface area is 141 Å². The fourth-order valence-corrected chi connectivity index (χ4v) is 2.67. The molecule has 23 heavy (non-hydrogen) atoms. The summed E-state index contributed by atoms with van der Waals surface area (Å²) in [5.41, 5.74) is 2.20. The van der Waals surface area contributed by atoms with Gasteiger partial charge in [0.05, 0.1) is 24.6 Å². The molecule has 1 fully saturated rings. The molecule has 1 aromatic carbocycles. The van der Waals surface area contributed by atoms with Gasteiger partial charge in [-0.25, -0.2) is 0 Å². The summed E-state index contributed by atoms with van der Waals surface area (Å²) < 4.78 is 5.15. The molecular weight excluding hydrogens is 316 g/mol. The summed E-state index contributed by atoms with van der Waals surface area (Å²) in [5.74, 6) is 0.691. The van der Waals surface area contributed by atoms with E-state index < -0.39 is 0 Å². The second kappa shape index (κ2) is 7.99. The van der Waals surface area contributed by atoms with Crippen LogP contribution < -0.4 is 15.4 Å². The Hall–Kier alpha value is -2.05. The number of amides is 1. The largest absolute Gasteiger partial charge is 0.497 e. The number of benzene rings is 1. The van der Waals surface area contributed by atoms with Gasteiger partial charge in [0, 0.05) is 18.2 Å². The molecule has 2 aromatic rings. The zero-order valence-corrected chi connectivity index (χ0v) is 13.8. The summed E-state index contributed by atoms with van der Waals surface area (Å²) in [4.78, 5) is 12.5. The van der Waals surface area contributed by atoms with E-state index in [1.165, 1.54) is 0 Å². The Balaban J connectivity index is 0.00000192. The molecule has 6 nitrogen and oxygen atoms in total. The van der Waals surface area contributed by atoms with Gasteiger partial charge in [0.1, 0.15) is 5.75 Å². The van der Waals surface area contributed by atoms with Crippen LogP contribution in [0.2, 0.25) is 0 Å². The molecule has 0 aliphatic carbocycles. The minimum absolute atomic E-state index is 0. The fraction of sp³-hybridized carbons (Fsp3) is 0.375. The number of nitrogens with zero attached hydrogens (tertiary/aromatic N) is 1. The van der Waals surface area contributed by atoms with E-state index in [0.717, 1.165) is 42.9 Å². The molecule has 124 valence electrons. The number of piperidine rings is 1. The van der Waals surface area contributed by atoms with Gasteiger partial charge in [0.15, 0.2) is 0 Å². The smallest absolute Gasteiger partial charge is 0.255 e. The van der Waals surface area contributed by atoms with Crippen molar-refractivity contribution in [2.24, 2.45) is 0 Å². The van der Waals surface area contributed by atoms with E-state index in [1.54, 1.807) is 13.3 Å². The number of carbonyl (C=O) groups is 1. The summed E-state index contributed by atoms with van der Waals surface area (Å²) >= 11 is 0. The van der Waals surface area contributed by atoms with Crippen LogP contribution in [-0.2, 0) is 0 Å². The van der Waals surface area contributed by atoms with Crippen molar-refractivity contribution < 1.29 is 9.53 Å². The van der Waals surface area contributed by atoms with Crippen LogP contribution in [0.3, 0.4) is 0 Å². The Morgan fingerprint density at radius 2 is 2.13 bits per heavy atom. The number of rotatable bonds is 4. The number of carbonyl (C=O) groups excluding carboxylic acids is 1. The lowest BCUT2D eigenvalue weighted by molar-refractivity contribution is 0.0931. The molecule has 7 heteroatoms. The maximum Gasteiger partial charge on any atom is 0.255 e. The highest BCUT2D eigenvalue weighted by Crippen LogP contribution is 2.23. The van der Waals surface area contributed by atoms with E-state index in [1.807, 2.05) is 24.3 Å². The monoisotopic (exact) mass is 336 g/mol. The number of H-pyrrole nitrogens is 1. The molecule has 1 atom stereocenters. The quantitative estimate of drug-likeness (QED) is 0.797. The number of aromatic amines is 1. The van der Waals surface area contributed by atoms with Gasteiger partial charge in [0.2, 0.25) is 0 Å². The molecule has 1 amide bonds. The van der Waals surface area contributed by atoms with Gasteiger partial charge in [-0.3, -0.25) is 9.89 Å². The van der Waals surface area contributed by atoms with Crippen molar-refractivity contribution in [1.82, 2.24) is 20.8 Å². The van der Waals surface area contributed by atoms with Crippen LogP contribution in [0.1, 0.15) is 23.2 Å². The van der Waals surface area contributed by atoms with Gasteiger partial charge in [0.25, 0.3) is 5.91 Å². The maximum atomic E-state index is 12.5. The van der Waals surface area contributed by atoms with Gasteiger partial charge >= 0.3 is 0 Å². The molecule has 1 saturated heterocycles. The first-order valence-corrected chi connectivity index (χ1v) is 7.47. The zero-order chi connectivity index (χ0) is 15.4. The fourth-order valence-electron chi connectivity index (χ4n) is 2.67. The van der Waals surface area contributed by atoms with Crippen LogP contribution in [0.15, 0.2) is 30.5 Å². The first-order valence-electron chi connectivity index (χ1n) is 7.47. The van der Waals surface area contributed by atoms with Crippen molar-refractivity contribution in [3.8, 4) is 17.0 Å². The summed E-state index contributed by atoms with van der Waals surface area (Å²) in [6, 6.07) is 7.72. The minimum Gasteiger partial charge on any atom is -0.497 e. The van der Waals surface area contributed by atoms with Gasteiger partial charge < -0.3 is 15.4 Å². The van der Waals surface area contributed by atoms with Crippen LogP contribution >= 0.6 is 12.4 Å². The minimum atomic E-state index is -0.0896. The SMILES string of the molecule is COc1ccc(-c2[nH]ncc2C(=O)N[C@H]2CCCNC2)cc1.Cl. The third-order valence-electron chi connectivity index (χ3n) is 3.89.